The highest BCUT2D eigenvalue weighted by Crippen LogP contribution is 2.17. The maximum absolute atomic E-state index is 12.0. The summed E-state index contributed by atoms with van der Waals surface area (Å²) in [5.41, 5.74) is 2.55. The third-order valence-corrected chi connectivity index (χ3v) is 4.49. The van der Waals surface area contributed by atoms with E-state index >= 15 is 0 Å². The maximum atomic E-state index is 12.0. The number of nitrogens with one attached hydrogen (secondary N) is 2. The lowest BCUT2D eigenvalue weighted by Crippen LogP contribution is -2.15. The van der Waals surface area contributed by atoms with Gasteiger partial charge in [0.2, 0.25) is 16.0 Å². The number of hydrogen-bond acceptors (Lipinski definition) is 6. The van der Waals surface area contributed by atoms with E-state index in [-0.39, 0.29) is 11.5 Å². The largest absolute Gasteiger partial charge is 0.360 e. The predicted octanol–water partition coefficient (Wildman–Crippen LogP) is 2.33. The summed E-state index contributed by atoms with van der Waals surface area (Å²) in [4.78, 5) is 28.0. The minimum atomic E-state index is -0.153. The summed E-state index contributed by atoms with van der Waals surface area (Å²) >= 11 is 1.37. The van der Waals surface area contributed by atoms with Crippen LogP contribution < -0.4 is 16.2 Å². The molecule has 0 aliphatic heterocycles. The molecule has 0 radical (unpaired) electrons. The van der Waals surface area contributed by atoms with E-state index in [1.165, 1.54) is 28.8 Å². The number of aryl methyl sites for hydroxylation is 1. The first kappa shape index (κ1) is 17.1. The number of anilines is 2. The Bertz CT molecular complexity index is 946. The molecule has 7 nitrogen and oxygen atoms in total. The number of amides is 1. The van der Waals surface area contributed by atoms with E-state index < -0.39 is 0 Å². The van der Waals surface area contributed by atoms with Crippen molar-refractivity contribution >= 4 is 33.0 Å². The summed E-state index contributed by atoms with van der Waals surface area (Å²) in [6, 6.07) is 9.23. The molecule has 8 heteroatoms. The highest BCUT2D eigenvalue weighted by molar-refractivity contribution is 7.20. The first-order valence-electron chi connectivity index (χ1n) is 8.05. The average molecular weight is 357 g/mol. The molecule has 2 heterocycles. The Balaban J connectivity index is 1.62. The summed E-state index contributed by atoms with van der Waals surface area (Å²) in [5, 5.41) is 10.9. The summed E-state index contributed by atoms with van der Waals surface area (Å²) in [5.74, 6) is -0.0830. The van der Waals surface area contributed by atoms with E-state index in [0.29, 0.717) is 16.6 Å². The second-order valence-corrected chi connectivity index (χ2v) is 6.55. The Morgan fingerprint density at radius 2 is 2.04 bits per heavy atom. The highest BCUT2D eigenvalue weighted by atomic mass is 32.1. The van der Waals surface area contributed by atoms with Gasteiger partial charge in [-0.3, -0.25) is 9.59 Å². The minimum Gasteiger partial charge on any atom is -0.360 e. The van der Waals surface area contributed by atoms with Crippen molar-refractivity contribution in [3.63, 3.8) is 0 Å². The number of nitrogens with zero attached hydrogens (tertiary/aromatic N) is 3. The van der Waals surface area contributed by atoms with Gasteiger partial charge in [0, 0.05) is 30.9 Å². The second kappa shape index (κ2) is 7.43. The lowest BCUT2D eigenvalue weighted by atomic mass is 10.1. The molecule has 0 bridgehead atoms. The van der Waals surface area contributed by atoms with Crippen LogP contribution >= 0.6 is 11.3 Å². The Morgan fingerprint density at radius 1 is 1.28 bits per heavy atom. The van der Waals surface area contributed by atoms with Crippen LogP contribution in [0, 0.1) is 0 Å². The molecule has 1 aromatic carbocycles. The molecule has 25 heavy (non-hydrogen) atoms. The van der Waals surface area contributed by atoms with Crippen molar-refractivity contribution in [2.24, 2.45) is 0 Å². The number of benzene rings is 1. The Hall–Kier alpha value is -2.74. The van der Waals surface area contributed by atoms with E-state index in [9.17, 15) is 9.59 Å². The van der Waals surface area contributed by atoms with Crippen LogP contribution in [0.25, 0.3) is 4.96 Å². The van der Waals surface area contributed by atoms with E-state index in [1.54, 1.807) is 0 Å². The molecule has 0 spiro atoms. The van der Waals surface area contributed by atoms with Crippen LogP contribution in [0.4, 0.5) is 10.8 Å². The van der Waals surface area contributed by atoms with Crippen LogP contribution in [0.1, 0.15) is 25.1 Å². The van der Waals surface area contributed by atoms with Crippen molar-refractivity contribution in [3.05, 3.63) is 51.9 Å². The van der Waals surface area contributed by atoms with Crippen molar-refractivity contribution in [2.45, 2.75) is 26.7 Å². The second-order valence-electron chi connectivity index (χ2n) is 5.60. The quantitative estimate of drug-likeness (QED) is 0.707. The zero-order valence-corrected chi connectivity index (χ0v) is 14.9. The Labute approximate surface area is 148 Å². The van der Waals surface area contributed by atoms with Crippen molar-refractivity contribution in [1.82, 2.24) is 14.6 Å². The number of carbonyl (C=O) groups is 1. The smallest absolute Gasteiger partial charge is 0.275 e. The number of rotatable bonds is 6. The fourth-order valence-corrected chi connectivity index (χ4v) is 3.23. The first-order chi connectivity index (χ1) is 12.0. The van der Waals surface area contributed by atoms with Crippen molar-refractivity contribution < 1.29 is 4.79 Å². The molecule has 3 rings (SSSR count). The van der Waals surface area contributed by atoms with E-state index in [1.807, 2.05) is 31.2 Å². The lowest BCUT2D eigenvalue weighted by molar-refractivity contribution is -0.114. The van der Waals surface area contributed by atoms with Gasteiger partial charge in [0.05, 0.1) is 0 Å². The van der Waals surface area contributed by atoms with Gasteiger partial charge in [0.15, 0.2) is 0 Å². The summed E-state index contributed by atoms with van der Waals surface area (Å²) in [7, 11) is 0. The Morgan fingerprint density at radius 3 is 2.72 bits per heavy atom. The lowest BCUT2D eigenvalue weighted by Gasteiger charge is -2.05. The SMILES string of the molecule is CCc1cc(=O)n2nc(NCCc3ccc(NC(C)=O)cc3)sc2n1. The van der Waals surface area contributed by atoms with E-state index in [2.05, 4.69) is 20.7 Å². The minimum absolute atomic E-state index is 0.0830. The third kappa shape index (κ3) is 4.21. The predicted molar refractivity (Wildman–Crippen MR) is 99.5 cm³/mol. The number of hydrogen-bond donors (Lipinski definition) is 2. The van der Waals surface area contributed by atoms with Gasteiger partial charge in [0.25, 0.3) is 5.56 Å². The van der Waals surface area contributed by atoms with E-state index in [0.717, 1.165) is 29.8 Å². The fraction of sp³-hybridized carbons (Fsp3) is 0.294. The molecule has 0 saturated heterocycles. The van der Waals surface area contributed by atoms with Crippen LogP contribution in [-0.4, -0.2) is 27.0 Å². The number of fused-ring (bicyclic) bond motifs is 1. The number of carbonyl (C=O) groups excluding carboxylic acids is 1. The summed E-state index contributed by atoms with van der Waals surface area (Å²) in [6.07, 6.45) is 1.53. The fourth-order valence-electron chi connectivity index (χ4n) is 2.38. The molecule has 3 aromatic rings. The molecular formula is C17H19N5O2S. The maximum Gasteiger partial charge on any atom is 0.275 e. The third-order valence-electron chi connectivity index (χ3n) is 3.62. The molecule has 0 unspecified atom stereocenters. The standard InChI is InChI=1S/C17H19N5O2S/c1-3-13-10-15(24)22-17(20-13)25-16(21-22)18-9-8-12-4-6-14(7-5-12)19-11(2)23/h4-7,10H,3,8-9H2,1-2H3,(H,18,21)(H,19,23). The average Bonchev–Trinajstić information content (AvgIpc) is 2.99. The summed E-state index contributed by atoms with van der Waals surface area (Å²) < 4.78 is 1.33. The zero-order valence-electron chi connectivity index (χ0n) is 14.1. The molecule has 0 fully saturated rings. The molecule has 130 valence electrons. The molecular weight excluding hydrogens is 338 g/mol. The Kier molecular flexibility index (Phi) is 5.08. The van der Waals surface area contributed by atoms with Crippen molar-refractivity contribution in [2.75, 3.05) is 17.2 Å². The van der Waals surface area contributed by atoms with Crippen LogP contribution in [0.3, 0.4) is 0 Å². The van der Waals surface area contributed by atoms with Gasteiger partial charge in [-0.1, -0.05) is 30.4 Å². The van der Waals surface area contributed by atoms with Gasteiger partial charge >= 0.3 is 0 Å². The molecule has 0 aliphatic rings. The molecule has 2 aromatic heterocycles. The van der Waals surface area contributed by atoms with Gasteiger partial charge in [-0.05, 0) is 30.5 Å². The van der Waals surface area contributed by atoms with Gasteiger partial charge in [0.1, 0.15) is 0 Å². The summed E-state index contributed by atoms with van der Waals surface area (Å²) in [6.45, 7) is 4.14. The topological polar surface area (TPSA) is 88.4 Å². The zero-order chi connectivity index (χ0) is 17.8. The molecule has 0 aliphatic carbocycles. The molecule has 0 atom stereocenters. The number of aromatic nitrogens is 3. The highest BCUT2D eigenvalue weighted by Gasteiger charge is 2.08. The molecule has 2 N–H and O–H groups in total. The molecule has 0 saturated carbocycles. The van der Waals surface area contributed by atoms with Gasteiger partial charge < -0.3 is 10.6 Å². The van der Waals surface area contributed by atoms with E-state index in [4.69, 9.17) is 0 Å². The van der Waals surface area contributed by atoms with Gasteiger partial charge in [-0.2, -0.15) is 4.52 Å². The van der Waals surface area contributed by atoms with Crippen molar-refractivity contribution in [3.8, 4) is 0 Å². The van der Waals surface area contributed by atoms with Gasteiger partial charge in [-0.25, -0.2) is 4.98 Å². The monoisotopic (exact) mass is 357 g/mol. The first-order valence-corrected chi connectivity index (χ1v) is 8.87. The molecule has 1 amide bonds. The van der Waals surface area contributed by atoms with Crippen LogP contribution in [0.15, 0.2) is 35.1 Å². The van der Waals surface area contributed by atoms with Crippen LogP contribution in [0.5, 0.6) is 0 Å². The van der Waals surface area contributed by atoms with Gasteiger partial charge in [-0.15, -0.1) is 5.10 Å². The van der Waals surface area contributed by atoms with Crippen LogP contribution in [0.2, 0.25) is 0 Å². The van der Waals surface area contributed by atoms with Crippen LogP contribution in [-0.2, 0) is 17.6 Å². The normalized spacial score (nSPS) is 10.8. The van der Waals surface area contributed by atoms with Crippen molar-refractivity contribution in [1.29, 1.82) is 0 Å².